The van der Waals surface area contributed by atoms with Gasteiger partial charge in [-0.1, -0.05) is 0 Å². The SMILES string of the molecule is O=C(Nc1ccsc1C(=O)Nc1ccc(F)c(F)c1)c1cnccn1. The Morgan fingerprint density at radius 3 is 2.56 bits per heavy atom. The number of hydrogen-bond donors (Lipinski definition) is 2. The summed E-state index contributed by atoms with van der Waals surface area (Å²) in [5, 5.41) is 6.64. The minimum absolute atomic E-state index is 0.0978. The van der Waals surface area contributed by atoms with Gasteiger partial charge in [0.05, 0.1) is 11.9 Å². The Balaban J connectivity index is 1.75. The minimum atomic E-state index is -1.07. The van der Waals surface area contributed by atoms with Crippen molar-refractivity contribution in [1.82, 2.24) is 9.97 Å². The minimum Gasteiger partial charge on any atom is -0.321 e. The molecule has 2 heterocycles. The van der Waals surface area contributed by atoms with Crippen LogP contribution >= 0.6 is 11.3 Å². The molecule has 2 amide bonds. The summed E-state index contributed by atoms with van der Waals surface area (Å²) in [6.07, 6.45) is 4.10. The Labute approximate surface area is 144 Å². The van der Waals surface area contributed by atoms with Gasteiger partial charge in [0.2, 0.25) is 0 Å². The predicted molar refractivity (Wildman–Crippen MR) is 88.6 cm³/mol. The summed E-state index contributed by atoms with van der Waals surface area (Å²) in [5.74, 6) is -3.16. The molecule has 126 valence electrons. The van der Waals surface area contributed by atoms with Crippen LogP contribution in [0.2, 0.25) is 0 Å². The van der Waals surface area contributed by atoms with Gasteiger partial charge in [-0.15, -0.1) is 11.3 Å². The third-order valence-corrected chi connectivity index (χ3v) is 4.01. The van der Waals surface area contributed by atoms with E-state index in [9.17, 15) is 18.4 Å². The monoisotopic (exact) mass is 360 g/mol. The van der Waals surface area contributed by atoms with Crippen LogP contribution in [-0.4, -0.2) is 21.8 Å². The smallest absolute Gasteiger partial charge is 0.275 e. The molecular weight excluding hydrogens is 350 g/mol. The zero-order chi connectivity index (χ0) is 17.8. The third-order valence-electron chi connectivity index (χ3n) is 3.09. The summed E-state index contributed by atoms with van der Waals surface area (Å²) in [7, 11) is 0. The molecule has 0 spiro atoms. The van der Waals surface area contributed by atoms with Gasteiger partial charge in [0.1, 0.15) is 10.6 Å². The number of anilines is 2. The zero-order valence-electron chi connectivity index (χ0n) is 12.5. The molecule has 25 heavy (non-hydrogen) atoms. The standard InChI is InChI=1S/C16H10F2N4O2S/c17-10-2-1-9(7-11(10)18)21-16(24)14-12(3-6-25-14)22-15(23)13-8-19-4-5-20-13/h1-8H,(H,21,24)(H,22,23). The molecule has 0 bridgehead atoms. The lowest BCUT2D eigenvalue weighted by atomic mass is 10.3. The van der Waals surface area contributed by atoms with Crippen molar-refractivity contribution < 1.29 is 18.4 Å². The molecule has 3 rings (SSSR count). The second-order valence-corrected chi connectivity index (χ2v) is 5.71. The highest BCUT2D eigenvalue weighted by Crippen LogP contribution is 2.24. The number of halogens is 2. The summed E-state index contributed by atoms with van der Waals surface area (Å²) in [4.78, 5) is 32.3. The number of amides is 2. The van der Waals surface area contributed by atoms with Crippen molar-refractivity contribution in [3.63, 3.8) is 0 Å². The predicted octanol–water partition coefficient (Wildman–Crippen LogP) is 3.32. The Hall–Kier alpha value is -3.20. The number of rotatable bonds is 4. The van der Waals surface area contributed by atoms with E-state index in [-0.39, 0.29) is 21.9 Å². The van der Waals surface area contributed by atoms with E-state index in [0.717, 1.165) is 23.5 Å². The van der Waals surface area contributed by atoms with Gasteiger partial charge in [-0.05, 0) is 23.6 Å². The number of benzene rings is 1. The van der Waals surface area contributed by atoms with Crippen LogP contribution < -0.4 is 10.6 Å². The van der Waals surface area contributed by atoms with Gasteiger partial charge in [-0.3, -0.25) is 14.6 Å². The van der Waals surface area contributed by atoms with Gasteiger partial charge < -0.3 is 10.6 Å². The summed E-state index contributed by atoms with van der Waals surface area (Å²) in [5.41, 5.74) is 0.477. The van der Waals surface area contributed by atoms with Crippen molar-refractivity contribution in [3.05, 3.63) is 70.4 Å². The number of carbonyl (C=O) groups is 2. The molecule has 6 nitrogen and oxygen atoms in total. The molecule has 0 unspecified atom stereocenters. The van der Waals surface area contributed by atoms with Crippen LogP contribution in [0.15, 0.2) is 48.2 Å². The van der Waals surface area contributed by atoms with Crippen molar-refractivity contribution in [1.29, 1.82) is 0 Å². The highest BCUT2D eigenvalue weighted by atomic mass is 32.1. The molecule has 0 aliphatic carbocycles. The highest BCUT2D eigenvalue weighted by molar-refractivity contribution is 7.12. The first-order valence-corrected chi connectivity index (χ1v) is 7.84. The van der Waals surface area contributed by atoms with E-state index in [1.807, 2.05) is 0 Å². The normalized spacial score (nSPS) is 10.3. The van der Waals surface area contributed by atoms with Crippen LogP contribution in [0.1, 0.15) is 20.2 Å². The van der Waals surface area contributed by atoms with Gasteiger partial charge in [-0.25, -0.2) is 13.8 Å². The molecular formula is C16H10F2N4O2S. The molecule has 1 aromatic carbocycles. The topological polar surface area (TPSA) is 84.0 Å². The van der Waals surface area contributed by atoms with E-state index >= 15 is 0 Å². The van der Waals surface area contributed by atoms with E-state index in [4.69, 9.17) is 0 Å². The molecule has 3 aromatic rings. The number of nitrogens with zero attached hydrogens (tertiary/aromatic N) is 2. The fourth-order valence-corrected chi connectivity index (χ4v) is 2.69. The number of carbonyl (C=O) groups excluding carboxylic acids is 2. The molecule has 0 fully saturated rings. The zero-order valence-corrected chi connectivity index (χ0v) is 13.3. The van der Waals surface area contributed by atoms with Gasteiger partial charge in [0.25, 0.3) is 11.8 Å². The van der Waals surface area contributed by atoms with Crippen molar-refractivity contribution in [2.24, 2.45) is 0 Å². The quantitative estimate of drug-likeness (QED) is 0.748. The Bertz CT molecular complexity index is 931. The lowest BCUT2D eigenvalue weighted by molar-refractivity contribution is 0.102. The average Bonchev–Trinajstić information content (AvgIpc) is 3.07. The van der Waals surface area contributed by atoms with Gasteiger partial charge in [0, 0.05) is 24.1 Å². The maximum absolute atomic E-state index is 13.2. The Morgan fingerprint density at radius 2 is 1.84 bits per heavy atom. The maximum Gasteiger partial charge on any atom is 0.275 e. The first-order chi connectivity index (χ1) is 12.0. The summed E-state index contributed by atoms with van der Waals surface area (Å²) in [6.45, 7) is 0. The number of hydrogen-bond acceptors (Lipinski definition) is 5. The van der Waals surface area contributed by atoms with E-state index in [0.29, 0.717) is 0 Å². The number of aromatic nitrogens is 2. The molecule has 9 heteroatoms. The van der Waals surface area contributed by atoms with Crippen molar-refractivity contribution in [2.75, 3.05) is 10.6 Å². The van der Waals surface area contributed by atoms with Crippen molar-refractivity contribution in [3.8, 4) is 0 Å². The van der Waals surface area contributed by atoms with Gasteiger partial charge >= 0.3 is 0 Å². The second-order valence-electron chi connectivity index (χ2n) is 4.79. The molecule has 0 saturated carbocycles. The Kier molecular flexibility index (Phi) is 4.75. The lowest BCUT2D eigenvalue weighted by Gasteiger charge is -2.07. The van der Waals surface area contributed by atoms with Crippen molar-refractivity contribution >= 4 is 34.5 Å². The van der Waals surface area contributed by atoms with Crippen LogP contribution in [0.5, 0.6) is 0 Å². The largest absolute Gasteiger partial charge is 0.321 e. The lowest BCUT2D eigenvalue weighted by Crippen LogP contribution is -2.17. The Morgan fingerprint density at radius 1 is 1.00 bits per heavy atom. The van der Waals surface area contributed by atoms with E-state index < -0.39 is 23.4 Å². The highest BCUT2D eigenvalue weighted by Gasteiger charge is 2.17. The second kappa shape index (κ2) is 7.14. The van der Waals surface area contributed by atoms with Crippen molar-refractivity contribution in [2.45, 2.75) is 0 Å². The summed E-state index contributed by atoms with van der Waals surface area (Å²) < 4.78 is 26.2. The molecule has 0 radical (unpaired) electrons. The number of nitrogens with one attached hydrogen (secondary N) is 2. The fraction of sp³-hybridized carbons (Fsp3) is 0. The molecule has 2 N–H and O–H groups in total. The molecule has 2 aromatic heterocycles. The van der Waals surface area contributed by atoms with Crippen LogP contribution in [0.4, 0.5) is 20.2 Å². The van der Waals surface area contributed by atoms with E-state index in [2.05, 4.69) is 20.6 Å². The van der Waals surface area contributed by atoms with Gasteiger partial charge in [0.15, 0.2) is 11.6 Å². The van der Waals surface area contributed by atoms with Crippen LogP contribution in [0, 0.1) is 11.6 Å². The summed E-state index contributed by atoms with van der Waals surface area (Å²) >= 11 is 1.09. The first kappa shape index (κ1) is 16.7. The molecule has 0 aliphatic heterocycles. The average molecular weight is 360 g/mol. The number of thiophene rings is 1. The van der Waals surface area contributed by atoms with E-state index in [1.54, 1.807) is 11.4 Å². The van der Waals surface area contributed by atoms with Crippen LogP contribution in [0.25, 0.3) is 0 Å². The molecule has 0 atom stereocenters. The molecule has 0 aliphatic rings. The van der Waals surface area contributed by atoms with Crippen LogP contribution in [0.3, 0.4) is 0 Å². The van der Waals surface area contributed by atoms with Crippen LogP contribution in [-0.2, 0) is 0 Å². The molecule has 0 saturated heterocycles. The maximum atomic E-state index is 13.2. The first-order valence-electron chi connectivity index (χ1n) is 6.96. The summed E-state index contributed by atoms with van der Waals surface area (Å²) in [6, 6.07) is 4.58. The van der Waals surface area contributed by atoms with E-state index in [1.165, 1.54) is 24.7 Å². The fourth-order valence-electron chi connectivity index (χ4n) is 1.95. The van der Waals surface area contributed by atoms with Gasteiger partial charge in [-0.2, -0.15) is 0 Å². The third kappa shape index (κ3) is 3.83.